The van der Waals surface area contributed by atoms with Crippen LogP contribution in [0.2, 0.25) is 0 Å². The zero-order valence-electron chi connectivity index (χ0n) is 15.4. The molecule has 25 heavy (non-hydrogen) atoms. The minimum Gasteiger partial charge on any atom is -0.382 e. The first-order valence-electron chi connectivity index (χ1n) is 8.82. The molecule has 0 spiro atoms. The van der Waals surface area contributed by atoms with Crippen LogP contribution in [-0.2, 0) is 0 Å². The Bertz CT molecular complexity index is 790. The van der Waals surface area contributed by atoms with Gasteiger partial charge in [-0.05, 0) is 46.6 Å². The van der Waals surface area contributed by atoms with Gasteiger partial charge in [-0.25, -0.2) is 4.98 Å². The Morgan fingerprint density at radius 1 is 1.28 bits per heavy atom. The Morgan fingerprint density at radius 2 is 1.96 bits per heavy atom. The van der Waals surface area contributed by atoms with Gasteiger partial charge in [-0.15, -0.1) is 0 Å². The topological polar surface area (TPSA) is 71.3 Å². The van der Waals surface area contributed by atoms with Crippen LogP contribution in [0.4, 0.5) is 11.4 Å². The molecule has 0 bridgehead atoms. The maximum absolute atomic E-state index is 11.3. The predicted octanol–water partition coefficient (Wildman–Crippen LogP) is 4.13. The maximum atomic E-state index is 11.3. The SMILES string of the molecule is Cc1cc(NC2CCN(C(C)(C)C)CC2)c2cccc([N+](=O)[O-])c2n1. The molecule has 134 valence electrons. The summed E-state index contributed by atoms with van der Waals surface area (Å²) in [5, 5.41) is 15.7. The van der Waals surface area contributed by atoms with Gasteiger partial charge in [0.25, 0.3) is 5.69 Å². The number of para-hydroxylation sites is 1. The van der Waals surface area contributed by atoms with Gasteiger partial charge < -0.3 is 5.32 Å². The van der Waals surface area contributed by atoms with Crippen molar-refractivity contribution < 1.29 is 4.92 Å². The van der Waals surface area contributed by atoms with Crippen LogP contribution in [-0.4, -0.2) is 39.5 Å². The number of piperidine rings is 1. The second-order valence-electron chi connectivity index (χ2n) is 7.82. The number of nitro groups is 1. The van der Waals surface area contributed by atoms with E-state index in [1.54, 1.807) is 6.07 Å². The molecule has 0 radical (unpaired) electrons. The van der Waals surface area contributed by atoms with Crippen molar-refractivity contribution >= 4 is 22.3 Å². The van der Waals surface area contributed by atoms with E-state index in [1.165, 1.54) is 6.07 Å². The molecule has 6 nitrogen and oxygen atoms in total. The number of nitro benzene ring substituents is 1. The maximum Gasteiger partial charge on any atom is 0.295 e. The first-order valence-corrected chi connectivity index (χ1v) is 8.82. The third kappa shape index (κ3) is 3.74. The fraction of sp³-hybridized carbons (Fsp3) is 0.526. The van der Waals surface area contributed by atoms with Gasteiger partial charge in [0.2, 0.25) is 0 Å². The van der Waals surface area contributed by atoms with E-state index in [4.69, 9.17) is 0 Å². The molecule has 1 aromatic heterocycles. The molecular weight excluding hydrogens is 316 g/mol. The molecule has 2 aromatic rings. The number of hydrogen-bond donors (Lipinski definition) is 1. The highest BCUT2D eigenvalue weighted by Crippen LogP contribution is 2.31. The fourth-order valence-corrected chi connectivity index (χ4v) is 3.54. The molecule has 0 amide bonds. The van der Waals surface area contributed by atoms with Crippen molar-refractivity contribution in [3.63, 3.8) is 0 Å². The lowest BCUT2D eigenvalue weighted by Gasteiger charge is -2.41. The highest BCUT2D eigenvalue weighted by Gasteiger charge is 2.27. The van der Waals surface area contributed by atoms with Crippen molar-refractivity contribution in [2.45, 2.75) is 52.1 Å². The van der Waals surface area contributed by atoms with Crippen LogP contribution in [0.15, 0.2) is 24.3 Å². The molecular formula is C19H26N4O2. The van der Waals surface area contributed by atoms with E-state index in [0.29, 0.717) is 11.6 Å². The van der Waals surface area contributed by atoms with Gasteiger partial charge in [0.15, 0.2) is 5.52 Å². The van der Waals surface area contributed by atoms with Crippen molar-refractivity contribution in [2.24, 2.45) is 0 Å². The zero-order valence-corrected chi connectivity index (χ0v) is 15.4. The Balaban J connectivity index is 1.85. The van der Waals surface area contributed by atoms with Crippen molar-refractivity contribution in [3.05, 3.63) is 40.1 Å². The number of aryl methyl sites for hydroxylation is 1. The molecule has 1 saturated heterocycles. The van der Waals surface area contributed by atoms with Crippen LogP contribution < -0.4 is 5.32 Å². The Morgan fingerprint density at radius 3 is 2.56 bits per heavy atom. The highest BCUT2D eigenvalue weighted by molar-refractivity contribution is 5.96. The summed E-state index contributed by atoms with van der Waals surface area (Å²) in [6.07, 6.45) is 2.13. The number of non-ortho nitro benzene ring substituents is 1. The molecule has 0 unspecified atom stereocenters. The van der Waals surface area contributed by atoms with E-state index >= 15 is 0 Å². The molecule has 1 aliphatic heterocycles. The number of pyridine rings is 1. The van der Waals surface area contributed by atoms with Crippen LogP contribution in [0.5, 0.6) is 0 Å². The second-order valence-corrected chi connectivity index (χ2v) is 7.82. The number of hydrogen-bond acceptors (Lipinski definition) is 5. The number of rotatable bonds is 3. The summed E-state index contributed by atoms with van der Waals surface area (Å²) < 4.78 is 0. The number of likely N-dealkylation sites (tertiary alicyclic amines) is 1. The van der Waals surface area contributed by atoms with Gasteiger partial charge in [0.05, 0.1) is 4.92 Å². The number of fused-ring (bicyclic) bond motifs is 1. The lowest BCUT2D eigenvalue weighted by Crippen LogP contribution is -2.48. The Hall–Kier alpha value is -2.21. The zero-order chi connectivity index (χ0) is 18.2. The van der Waals surface area contributed by atoms with Gasteiger partial charge in [-0.1, -0.05) is 12.1 Å². The number of nitrogens with zero attached hydrogens (tertiary/aromatic N) is 3. The molecule has 6 heteroatoms. The number of anilines is 1. The first-order chi connectivity index (χ1) is 11.8. The van der Waals surface area contributed by atoms with Gasteiger partial charge in [0.1, 0.15) is 0 Å². The number of aromatic nitrogens is 1. The van der Waals surface area contributed by atoms with Crippen molar-refractivity contribution in [2.75, 3.05) is 18.4 Å². The van der Waals surface area contributed by atoms with Crippen LogP contribution in [0.25, 0.3) is 10.9 Å². The molecule has 3 rings (SSSR count). The molecule has 0 atom stereocenters. The third-order valence-corrected chi connectivity index (χ3v) is 4.95. The lowest BCUT2D eigenvalue weighted by molar-refractivity contribution is -0.383. The smallest absolute Gasteiger partial charge is 0.295 e. The van der Waals surface area contributed by atoms with Crippen molar-refractivity contribution in [1.29, 1.82) is 0 Å². The predicted molar refractivity (Wildman–Crippen MR) is 101 cm³/mol. The summed E-state index contributed by atoms with van der Waals surface area (Å²) in [6, 6.07) is 7.51. The quantitative estimate of drug-likeness (QED) is 0.671. The van der Waals surface area contributed by atoms with Gasteiger partial charge >= 0.3 is 0 Å². The van der Waals surface area contributed by atoms with Crippen LogP contribution in [0, 0.1) is 17.0 Å². The number of nitrogens with one attached hydrogen (secondary N) is 1. The average molecular weight is 342 g/mol. The average Bonchev–Trinajstić information content (AvgIpc) is 2.53. The van der Waals surface area contributed by atoms with E-state index < -0.39 is 0 Å². The Kier molecular flexibility index (Phi) is 4.64. The normalized spacial score (nSPS) is 17.0. The lowest BCUT2D eigenvalue weighted by atomic mass is 9.97. The van der Waals surface area contributed by atoms with Crippen LogP contribution >= 0.6 is 0 Å². The first kappa shape index (κ1) is 17.6. The summed E-state index contributed by atoms with van der Waals surface area (Å²) >= 11 is 0. The summed E-state index contributed by atoms with van der Waals surface area (Å²) in [5.41, 5.74) is 2.46. The number of benzene rings is 1. The summed E-state index contributed by atoms with van der Waals surface area (Å²) in [4.78, 5) is 17.8. The molecule has 1 N–H and O–H groups in total. The summed E-state index contributed by atoms with van der Waals surface area (Å²) in [5.74, 6) is 0. The largest absolute Gasteiger partial charge is 0.382 e. The van der Waals surface area contributed by atoms with Gasteiger partial charge in [-0.3, -0.25) is 15.0 Å². The van der Waals surface area contributed by atoms with Crippen molar-refractivity contribution in [1.82, 2.24) is 9.88 Å². The third-order valence-electron chi connectivity index (χ3n) is 4.95. The molecule has 2 heterocycles. The molecule has 1 fully saturated rings. The summed E-state index contributed by atoms with van der Waals surface area (Å²) in [6.45, 7) is 10.7. The van der Waals surface area contributed by atoms with Crippen LogP contribution in [0.1, 0.15) is 39.3 Å². The Labute approximate surface area is 148 Å². The van der Waals surface area contributed by atoms with Gasteiger partial charge in [0, 0.05) is 47.5 Å². The van der Waals surface area contributed by atoms with Crippen molar-refractivity contribution in [3.8, 4) is 0 Å². The van der Waals surface area contributed by atoms with Gasteiger partial charge in [-0.2, -0.15) is 0 Å². The monoisotopic (exact) mass is 342 g/mol. The second kappa shape index (κ2) is 6.59. The molecule has 0 aliphatic carbocycles. The standard InChI is InChI=1S/C19H26N4O2/c1-13-12-16(15-6-5-7-17(23(24)25)18(15)20-13)21-14-8-10-22(11-9-14)19(2,3)4/h5-7,12,14H,8-11H2,1-4H3,(H,20,21). The molecule has 1 aliphatic rings. The fourth-order valence-electron chi connectivity index (χ4n) is 3.54. The highest BCUT2D eigenvalue weighted by atomic mass is 16.6. The van der Waals surface area contributed by atoms with E-state index in [0.717, 1.165) is 42.7 Å². The van der Waals surface area contributed by atoms with E-state index in [2.05, 4.69) is 36.0 Å². The van der Waals surface area contributed by atoms with E-state index in [1.807, 2.05) is 19.1 Å². The van der Waals surface area contributed by atoms with E-state index in [-0.39, 0.29) is 16.1 Å². The molecule has 1 aromatic carbocycles. The minimum absolute atomic E-state index is 0.0619. The summed E-state index contributed by atoms with van der Waals surface area (Å²) in [7, 11) is 0. The van der Waals surface area contributed by atoms with E-state index in [9.17, 15) is 10.1 Å². The molecule has 0 saturated carbocycles. The minimum atomic E-state index is -0.361. The van der Waals surface area contributed by atoms with Crippen LogP contribution in [0.3, 0.4) is 0 Å².